The van der Waals surface area contributed by atoms with Crippen LogP contribution in [0.2, 0.25) is 0 Å². The first-order valence-corrected chi connectivity index (χ1v) is 15.9. The Balaban J connectivity index is 1.15. The molecule has 3 aromatic rings. The Hall–Kier alpha value is -1.57. The molecule has 3 heterocycles. The molecule has 3 nitrogen and oxygen atoms in total. The summed E-state index contributed by atoms with van der Waals surface area (Å²) in [5.41, 5.74) is 2.31. The molecule has 0 amide bonds. The molecule has 3 unspecified atom stereocenters. The number of thioether (sulfide) groups is 2. The van der Waals surface area contributed by atoms with E-state index in [4.69, 9.17) is 0 Å². The summed E-state index contributed by atoms with van der Waals surface area (Å²) in [6.45, 7) is 5.22. The van der Waals surface area contributed by atoms with Gasteiger partial charge in [0, 0.05) is 25.2 Å². The van der Waals surface area contributed by atoms with Crippen molar-refractivity contribution < 1.29 is 9.50 Å². The van der Waals surface area contributed by atoms with Gasteiger partial charge in [-0.3, -0.25) is 4.90 Å². The van der Waals surface area contributed by atoms with Crippen molar-refractivity contribution in [1.29, 1.82) is 0 Å². The van der Waals surface area contributed by atoms with E-state index < -0.39 is 6.23 Å². The van der Waals surface area contributed by atoms with Gasteiger partial charge in [0.25, 0.3) is 0 Å². The maximum Gasteiger partial charge on any atom is 0.134 e. The molecular formula is C31H37FN2OS2. The Morgan fingerprint density at radius 2 is 1.62 bits per heavy atom. The maximum atomic E-state index is 13.4. The minimum absolute atomic E-state index is 0.151. The first-order chi connectivity index (χ1) is 18.2. The molecule has 0 aromatic heterocycles. The lowest BCUT2D eigenvalue weighted by molar-refractivity contribution is 0.0150. The lowest BCUT2D eigenvalue weighted by Gasteiger charge is -2.36. The molecule has 0 spiro atoms. The fraction of sp³-hybridized carbons (Fsp3) is 0.484. The van der Waals surface area contributed by atoms with Gasteiger partial charge in [-0.1, -0.05) is 54.6 Å². The van der Waals surface area contributed by atoms with Gasteiger partial charge in [0.1, 0.15) is 12.0 Å². The van der Waals surface area contributed by atoms with Crippen molar-refractivity contribution in [3.05, 3.63) is 83.7 Å². The van der Waals surface area contributed by atoms with Crippen LogP contribution < -0.4 is 0 Å². The number of benzene rings is 3. The molecule has 3 atom stereocenters. The molecule has 0 bridgehead atoms. The number of fused-ring (bicyclic) bond motifs is 1. The molecular weight excluding hydrogens is 499 g/mol. The van der Waals surface area contributed by atoms with E-state index in [-0.39, 0.29) is 5.82 Å². The second-order valence-electron chi connectivity index (χ2n) is 10.9. The molecule has 3 aromatic carbocycles. The number of halogens is 1. The summed E-state index contributed by atoms with van der Waals surface area (Å²) >= 11 is 4.29. The van der Waals surface area contributed by atoms with E-state index in [1.54, 1.807) is 12.1 Å². The van der Waals surface area contributed by atoms with Crippen molar-refractivity contribution in [2.45, 2.75) is 36.0 Å². The van der Waals surface area contributed by atoms with Gasteiger partial charge in [0.2, 0.25) is 0 Å². The van der Waals surface area contributed by atoms with Gasteiger partial charge in [0.05, 0.1) is 4.58 Å². The van der Waals surface area contributed by atoms with Crippen LogP contribution in [0.4, 0.5) is 4.39 Å². The lowest BCUT2D eigenvalue weighted by Crippen LogP contribution is -2.40. The van der Waals surface area contributed by atoms with E-state index in [1.165, 1.54) is 28.9 Å². The first-order valence-electron chi connectivity index (χ1n) is 13.8. The summed E-state index contributed by atoms with van der Waals surface area (Å²) in [6.07, 6.45) is 3.01. The summed E-state index contributed by atoms with van der Waals surface area (Å²) in [4.78, 5) is 5.00. The summed E-state index contributed by atoms with van der Waals surface area (Å²) < 4.78 is 14.0. The molecule has 6 heteroatoms. The highest BCUT2D eigenvalue weighted by atomic mass is 32.2. The minimum atomic E-state index is -0.568. The van der Waals surface area contributed by atoms with Crippen LogP contribution in [0.1, 0.15) is 42.5 Å². The van der Waals surface area contributed by atoms with Crippen molar-refractivity contribution in [2.24, 2.45) is 11.8 Å². The Morgan fingerprint density at radius 3 is 2.41 bits per heavy atom. The predicted molar refractivity (Wildman–Crippen MR) is 156 cm³/mol. The van der Waals surface area contributed by atoms with E-state index in [0.29, 0.717) is 22.3 Å². The van der Waals surface area contributed by atoms with Gasteiger partial charge in [-0.15, -0.1) is 23.5 Å². The molecule has 0 radical (unpaired) electrons. The average Bonchev–Trinajstić information content (AvgIpc) is 3.37. The smallest absolute Gasteiger partial charge is 0.134 e. The van der Waals surface area contributed by atoms with Crippen molar-refractivity contribution in [3.63, 3.8) is 0 Å². The molecule has 37 heavy (non-hydrogen) atoms. The van der Waals surface area contributed by atoms with Crippen LogP contribution in [0, 0.1) is 17.7 Å². The summed E-state index contributed by atoms with van der Waals surface area (Å²) in [5, 5.41) is 14.0. The van der Waals surface area contributed by atoms with Crippen LogP contribution >= 0.6 is 23.5 Å². The number of hydrogen-bond donors (Lipinski definition) is 1. The second kappa shape index (κ2) is 11.7. The molecule has 3 saturated heterocycles. The highest BCUT2D eigenvalue weighted by Crippen LogP contribution is 2.44. The normalized spacial score (nSPS) is 25.6. The van der Waals surface area contributed by atoms with Crippen LogP contribution in [-0.4, -0.2) is 63.7 Å². The SMILES string of the molecule is OC(c1cccc2ccccc12)N1CC(CN2CCC(c3ccc(F)cc3)CC2)C(C2SCCCS2)C1. The van der Waals surface area contributed by atoms with Crippen LogP contribution in [0.25, 0.3) is 10.8 Å². The molecule has 0 saturated carbocycles. The fourth-order valence-electron chi connectivity index (χ4n) is 6.57. The van der Waals surface area contributed by atoms with Gasteiger partial charge in [-0.25, -0.2) is 4.39 Å². The topological polar surface area (TPSA) is 26.7 Å². The molecule has 3 aliphatic rings. The first kappa shape index (κ1) is 25.7. The third kappa shape index (κ3) is 5.74. The van der Waals surface area contributed by atoms with E-state index in [0.717, 1.165) is 56.5 Å². The summed E-state index contributed by atoms with van der Waals surface area (Å²) in [5.74, 6) is 4.06. The van der Waals surface area contributed by atoms with Crippen molar-refractivity contribution in [1.82, 2.24) is 9.80 Å². The lowest BCUT2D eigenvalue weighted by atomic mass is 9.88. The van der Waals surface area contributed by atoms with Gasteiger partial charge in [-0.2, -0.15) is 0 Å². The highest BCUT2D eigenvalue weighted by Gasteiger charge is 2.42. The number of aliphatic hydroxyl groups excluding tert-OH is 1. The Kier molecular flexibility index (Phi) is 8.10. The van der Waals surface area contributed by atoms with E-state index >= 15 is 0 Å². The van der Waals surface area contributed by atoms with E-state index in [1.807, 2.05) is 12.1 Å². The maximum absolute atomic E-state index is 13.4. The van der Waals surface area contributed by atoms with E-state index in [9.17, 15) is 9.50 Å². The molecule has 6 rings (SSSR count). The van der Waals surface area contributed by atoms with E-state index in [2.05, 4.69) is 75.8 Å². The minimum Gasteiger partial charge on any atom is -0.374 e. The molecule has 3 aliphatic heterocycles. The number of rotatable bonds is 6. The largest absolute Gasteiger partial charge is 0.374 e. The number of nitrogens with zero attached hydrogens (tertiary/aromatic N) is 2. The summed E-state index contributed by atoms with van der Waals surface area (Å²) in [7, 11) is 0. The Bertz CT molecular complexity index is 1170. The fourth-order valence-corrected chi connectivity index (χ4v) is 9.92. The second-order valence-corrected chi connectivity index (χ2v) is 13.7. The Morgan fingerprint density at radius 1 is 0.892 bits per heavy atom. The monoisotopic (exact) mass is 536 g/mol. The summed E-state index contributed by atoms with van der Waals surface area (Å²) in [6, 6.07) is 21.8. The number of hydrogen-bond acceptors (Lipinski definition) is 5. The van der Waals surface area contributed by atoms with Gasteiger partial charge < -0.3 is 10.0 Å². The molecule has 196 valence electrons. The highest BCUT2D eigenvalue weighted by molar-refractivity contribution is 8.17. The van der Waals surface area contributed by atoms with Crippen molar-refractivity contribution in [3.8, 4) is 0 Å². The van der Waals surface area contributed by atoms with Crippen molar-refractivity contribution in [2.75, 3.05) is 44.2 Å². The zero-order chi connectivity index (χ0) is 25.2. The van der Waals surface area contributed by atoms with Crippen LogP contribution in [0.5, 0.6) is 0 Å². The molecule has 0 aliphatic carbocycles. The van der Waals surface area contributed by atoms with Crippen LogP contribution in [-0.2, 0) is 0 Å². The average molecular weight is 537 g/mol. The van der Waals surface area contributed by atoms with Gasteiger partial charge in [0.15, 0.2) is 0 Å². The third-order valence-electron chi connectivity index (χ3n) is 8.59. The van der Waals surface area contributed by atoms with Crippen LogP contribution in [0.3, 0.4) is 0 Å². The molecule has 3 fully saturated rings. The Labute approximate surface area is 228 Å². The standard InChI is InChI=1S/C31H37FN2OS2/c32-26-11-9-22(10-12-26)23-13-15-33(16-14-23)19-25-20-34(21-29(25)31-36-17-4-18-37-31)30(35)28-8-3-6-24-5-1-2-7-27(24)28/h1-3,5-12,23,25,29-31,35H,4,13-21H2. The predicted octanol–water partition coefficient (Wildman–Crippen LogP) is 6.59. The number of piperidine rings is 1. The number of aliphatic hydroxyl groups is 1. The zero-order valence-electron chi connectivity index (χ0n) is 21.3. The van der Waals surface area contributed by atoms with Crippen LogP contribution in [0.15, 0.2) is 66.7 Å². The van der Waals surface area contributed by atoms with Gasteiger partial charge in [-0.05, 0) is 90.1 Å². The molecule has 1 N–H and O–H groups in total. The van der Waals surface area contributed by atoms with Gasteiger partial charge >= 0.3 is 0 Å². The van der Waals surface area contributed by atoms with Crippen molar-refractivity contribution >= 4 is 34.3 Å². The quantitative estimate of drug-likeness (QED) is 0.383. The zero-order valence-corrected chi connectivity index (χ0v) is 23.0. The number of likely N-dealkylation sites (tertiary alicyclic amines) is 2. The third-order valence-corrected chi connectivity index (χ3v) is 11.8.